The summed E-state index contributed by atoms with van der Waals surface area (Å²) >= 11 is 0. The summed E-state index contributed by atoms with van der Waals surface area (Å²) in [6.07, 6.45) is 0. The summed E-state index contributed by atoms with van der Waals surface area (Å²) in [4.78, 5) is 29.2. The monoisotopic (exact) mass is 410 g/mol. The molecule has 0 aliphatic carbocycles. The second-order valence-electron chi connectivity index (χ2n) is 7.51. The number of piperazine rings is 1. The van der Waals surface area contributed by atoms with Gasteiger partial charge in [-0.05, 0) is 30.3 Å². The smallest absolute Gasteiger partial charge is 0.309 e. The molecule has 1 aliphatic heterocycles. The second-order valence-corrected chi connectivity index (χ2v) is 7.51. The minimum absolute atomic E-state index is 0.00419. The molecule has 1 aliphatic rings. The molecule has 7 heteroatoms. The molecule has 0 spiro atoms. The first-order chi connectivity index (χ1) is 14.6. The van der Waals surface area contributed by atoms with Crippen molar-refractivity contribution in [3.05, 3.63) is 65.7 Å². The number of likely N-dealkylation sites (N-methyl/N-ethyl adjacent to an activating group) is 1. The van der Waals surface area contributed by atoms with Crippen molar-refractivity contribution in [2.24, 2.45) is 0 Å². The minimum atomic E-state index is -0.620. The van der Waals surface area contributed by atoms with Crippen molar-refractivity contribution in [1.29, 1.82) is 0 Å². The van der Waals surface area contributed by atoms with E-state index in [4.69, 9.17) is 4.74 Å². The van der Waals surface area contributed by atoms with Gasteiger partial charge in [-0.2, -0.15) is 0 Å². The fourth-order valence-electron chi connectivity index (χ4n) is 3.55. The number of hydrogen-bond donors (Lipinski definition) is 2. The van der Waals surface area contributed by atoms with Crippen molar-refractivity contribution in [3.63, 3.8) is 0 Å². The summed E-state index contributed by atoms with van der Waals surface area (Å²) in [7, 11) is 3.75. The molecule has 0 aromatic heterocycles. The third kappa shape index (κ3) is 6.05. The van der Waals surface area contributed by atoms with E-state index < -0.39 is 11.8 Å². The minimum Gasteiger partial charge on any atom is -0.497 e. The van der Waals surface area contributed by atoms with Gasteiger partial charge in [0.25, 0.3) is 0 Å². The first-order valence-electron chi connectivity index (χ1n) is 10.2. The number of nitrogens with one attached hydrogen (secondary N) is 2. The summed E-state index contributed by atoms with van der Waals surface area (Å²) < 4.78 is 5.26. The highest BCUT2D eigenvalue weighted by Crippen LogP contribution is 2.23. The lowest BCUT2D eigenvalue weighted by molar-refractivity contribution is -0.139. The number of ether oxygens (including phenoxy) is 1. The zero-order chi connectivity index (χ0) is 21.3. The number of carbonyl (C=O) groups is 2. The summed E-state index contributed by atoms with van der Waals surface area (Å²) in [6, 6.07) is 17.4. The molecule has 3 rings (SSSR count). The molecule has 30 heavy (non-hydrogen) atoms. The van der Waals surface area contributed by atoms with Crippen LogP contribution < -0.4 is 15.4 Å². The predicted molar refractivity (Wildman–Crippen MR) is 116 cm³/mol. The Morgan fingerprint density at radius 2 is 1.57 bits per heavy atom. The van der Waals surface area contributed by atoms with Gasteiger partial charge in [-0.3, -0.25) is 14.5 Å². The average Bonchev–Trinajstić information content (AvgIpc) is 2.79. The molecule has 160 valence electrons. The normalized spacial score (nSPS) is 15.9. The van der Waals surface area contributed by atoms with Gasteiger partial charge in [0, 0.05) is 39.3 Å². The summed E-state index contributed by atoms with van der Waals surface area (Å²) in [5.74, 6) is -0.440. The van der Waals surface area contributed by atoms with E-state index in [-0.39, 0.29) is 6.04 Å². The quantitative estimate of drug-likeness (QED) is 0.676. The zero-order valence-electron chi connectivity index (χ0n) is 17.6. The van der Waals surface area contributed by atoms with Gasteiger partial charge in [-0.25, -0.2) is 0 Å². The Hall–Kier alpha value is -2.90. The van der Waals surface area contributed by atoms with Crippen LogP contribution in [0.5, 0.6) is 5.75 Å². The number of nitrogens with zero attached hydrogens (tertiary/aromatic N) is 2. The average molecular weight is 411 g/mol. The molecule has 7 nitrogen and oxygen atoms in total. The Bertz CT molecular complexity index is 818. The number of hydrogen-bond acceptors (Lipinski definition) is 5. The third-order valence-electron chi connectivity index (χ3n) is 5.44. The van der Waals surface area contributed by atoms with Crippen LogP contribution in [0.4, 0.5) is 0 Å². The Morgan fingerprint density at radius 3 is 2.20 bits per heavy atom. The van der Waals surface area contributed by atoms with Gasteiger partial charge in [-0.1, -0.05) is 42.5 Å². The summed E-state index contributed by atoms with van der Waals surface area (Å²) in [5, 5.41) is 5.49. The van der Waals surface area contributed by atoms with Crippen molar-refractivity contribution in [1.82, 2.24) is 20.4 Å². The molecule has 0 radical (unpaired) electrons. The molecule has 1 saturated heterocycles. The largest absolute Gasteiger partial charge is 0.497 e. The van der Waals surface area contributed by atoms with Crippen LogP contribution in [-0.4, -0.2) is 68.5 Å². The molecule has 0 unspecified atom stereocenters. The van der Waals surface area contributed by atoms with Crippen LogP contribution in [-0.2, 0) is 16.1 Å². The van der Waals surface area contributed by atoms with Crippen LogP contribution in [0.3, 0.4) is 0 Å². The Labute approximate surface area is 178 Å². The van der Waals surface area contributed by atoms with Crippen molar-refractivity contribution in [2.75, 3.05) is 46.9 Å². The van der Waals surface area contributed by atoms with Gasteiger partial charge in [0.1, 0.15) is 5.75 Å². The van der Waals surface area contributed by atoms with Crippen LogP contribution in [0.25, 0.3) is 0 Å². The molecule has 0 saturated carbocycles. The van der Waals surface area contributed by atoms with Gasteiger partial charge in [0.15, 0.2) is 0 Å². The highest BCUT2D eigenvalue weighted by molar-refractivity contribution is 6.35. The molecule has 1 heterocycles. The van der Waals surface area contributed by atoms with Crippen molar-refractivity contribution >= 4 is 11.8 Å². The van der Waals surface area contributed by atoms with E-state index in [9.17, 15) is 9.59 Å². The van der Waals surface area contributed by atoms with E-state index in [0.29, 0.717) is 13.1 Å². The van der Waals surface area contributed by atoms with Crippen molar-refractivity contribution < 1.29 is 14.3 Å². The maximum atomic E-state index is 12.4. The Balaban J connectivity index is 1.60. The number of carbonyl (C=O) groups excluding carboxylic acids is 2. The first kappa shape index (κ1) is 21.8. The highest BCUT2D eigenvalue weighted by Gasteiger charge is 2.25. The molecule has 2 aromatic carbocycles. The third-order valence-corrected chi connectivity index (χ3v) is 5.44. The fourth-order valence-corrected chi connectivity index (χ4v) is 3.55. The van der Waals surface area contributed by atoms with Gasteiger partial charge >= 0.3 is 11.8 Å². The topological polar surface area (TPSA) is 73.9 Å². The molecule has 2 amide bonds. The summed E-state index contributed by atoms with van der Waals surface area (Å²) in [5.41, 5.74) is 2.04. The van der Waals surface area contributed by atoms with Gasteiger partial charge in [-0.15, -0.1) is 0 Å². The SMILES string of the molecule is COc1ccc([C@@H](CNC(=O)C(=O)NCc2ccccc2)N2CCN(C)CC2)cc1. The van der Waals surface area contributed by atoms with E-state index in [1.807, 2.05) is 54.6 Å². The van der Waals surface area contributed by atoms with E-state index >= 15 is 0 Å². The summed E-state index contributed by atoms with van der Waals surface area (Å²) in [6.45, 7) is 4.45. The number of benzene rings is 2. The standard InChI is InChI=1S/C23H30N4O3/c1-26-12-14-27(15-13-26)21(19-8-10-20(30-2)11-9-19)17-25-23(29)22(28)24-16-18-6-4-3-5-7-18/h3-11,21H,12-17H2,1-2H3,(H,24,28)(H,25,29)/t21-/m1/s1. The molecule has 2 N–H and O–H groups in total. The predicted octanol–water partition coefficient (Wildman–Crippen LogP) is 1.42. The molecule has 1 atom stereocenters. The molecule has 1 fully saturated rings. The molecule has 2 aromatic rings. The Kier molecular flexibility index (Phi) is 7.82. The zero-order valence-corrected chi connectivity index (χ0v) is 17.6. The lowest BCUT2D eigenvalue weighted by Gasteiger charge is -2.38. The van der Waals surface area contributed by atoms with Gasteiger partial charge < -0.3 is 20.3 Å². The van der Waals surface area contributed by atoms with Gasteiger partial charge in [0.2, 0.25) is 0 Å². The van der Waals surface area contributed by atoms with E-state index in [1.54, 1.807) is 7.11 Å². The highest BCUT2D eigenvalue weighted by atomic mass is 16.5. The van der Waals surface area contributed by atoms with Crippen LogP contribution in [0.1, 0.15) is 17.2 Å². The lowest BCUT2D eigenvalue weighted by Crippen LogP contribution is -2.49. The molecule has 0 bridgehead atoms. The van der Waals surface area contributed by atoms with Crippen LogP contribution >= 0.6 is 0 Å². The maximum Gasteiger partial charge on any atom is 0.309 e. The molecular weight excluding hydrogens is 380 g/mol. The van der Waals surface area contributed by atoms with Crippen LogP contribution in [0.15, 0.2) is 54.6 Å². The number of rotatable bonds is 7. The lowest BCUT2D eigenvalue weighted by atomic mass is 10.0. The van der Waals surface area contributed by atoms with Crippen molar-refractivity contribution in [3.8, 4) is 5.75 Å². The second kappa shape index (κ2) is 10.8. The van der Waals surface area contributed by atoms with Crippen molar-refractivity contribution in [2.45, 2.75) is 12.6 Å². The first-order valence-corrected chi connectivity index (χ1v) is 10.2. The van der Waals surface area contributed by atoms with Crippen LogP contribution in [0, 0.1) is 0 Å². The van der Waals surface area contributed by atoms with E-state index in [2.05, 4.69) is 27.5 Å². The molecular formula is C23H30N4O3. The fraction of sp³-hybridized carbons (Fsp3) is 0.391. The van der Waals surface area contributed by atoms with E-state index in [0.717, 1.165) is 43.1 Å². The van der Waals surface area contributed by atoms with Gasteiger partial charge in [0.05, 0.1) is 13.2 Å². The Morgan fingerprint density at radius 1 is 0.933 bits per heavy atom. The number of methoxy groups -OCH3 is 1. The van der Waals surface area contributed by atoms with Crippen LogP contribution in [0.2, 0.25) is 0 Å². The maximum absolute atomic E-state index is 12.4. The number of amides is 2. The van der Waals surface area contributed by atoms with E-state index in [1.165, 1.54) is 0 Å².